The zero-order valence-corrected chi connectivity index (χ0v) is 25.2. The normalized spacial score (nSPS) is 8.49. The molecule has 2 heteroatoms. The molecule has 0 bridgehead atoms. The molecule has 6 rings (SSSR count). The van der Waals surface area contributed by atoms with E-state index in [1.165, 1.54) is 45.2 Å². The average molecular weight is 553 g/mol. The second-order valence-corrected chi connectivity index (χ2v) is 8.46. The van der Waals surface area contributed by atoms with Crippen LogP contribution in [0.4, 0.5) is 0 Å². The van der Waals surface area contributed by atoms with Gasteiger partial charge in [0.1, 0.15) is 0 Å². The van der Waals surface area contributed by atoms with Gasteiger partial charge in [-0.1, -0.05) is 194 Å². The summed E-state index contributed by atoms with van der Waals surface area (Å²) >= 11 is 0. The molecule has 0 unspecified atom stereocenters. The molecule has 0 amide bonds. The topological polar surface area (TPSA) is 40.5 Å². The SMILES string of the molecule is C.CCC.CCC.CO.CO.c1ccc2ccccc2c1.c1ccc2ccccc2c1.c1ccc2ccccc2c1. The quantitative estimate of drug-likeness (QED) is 0.197. The molecule has 6 aromatic rings. The molecule has 6 aromatic carbocycles. The van der Waals surface area contributed by atoms with Crippen LogP contribution in [0.2, 0.25) is 0 Å². The lowest BCUT2D eigenvalue weighted by Gasteiger charge is -1.92. The molecule has 0 aromatic heterocycles. The third-order valence-electron chi connectivity index (χ3n) is 4.98. The Morgan fingerprint density at radius 1 is 0.293 bits per heavy atom. The van der Waals surface area contributed by atoms with Gasteiger partial charge in [-0.3, -0.25) is 0 Å². The summed E-state index contributed by atoms with van der Waals surface area (Å²) in [5, 5.41) is 21.9. The van der Waals surface area contributed by atoms with Crippen LogP contribution in [0.5, 0.6) is 0 Å². The van der Waals surface area contributed by atoms with Crippen molar-refractivity contribution in [1.82, 2.24) is 0 Å². The number of aliphatic hydroxyl groups is 2. The van der Waals surface area contributed by atoms with E-state index < -0.39 is 0 Å². The fraction of sp³-hybridized carbons (Fsp3) is 0.231. The molecule has 0 saturated carbocycles. The minimum atomic E-state index is 0. The van der Waals surface area contributed by atoms with E-state index in [2.05, 4.69) is 173 Å². The number of hydrogen-bond acceptors (Lipinski definition) is 2. The van der Waals surface area contributed by atoms with Crippen molar-refractivity contribution in [2.45, 2.75) is 48.0 Å². The van der Waals surface area contributed by atoms with Gasteiger partial charge in [0.25, 0.3) is 0 Å². The minimum Gasteiger partial charge on any atom is -0.400 e. The van der Waals surface area contributed by atoms with Crippen molar-refractivity contribution in [2.75, 3.05) is 14.2 Å². The van der Waals surface area contributed by atoms with Crippen LogP contribution in [-0.2, 0) is 0 Å². The Labute approximate surface area is 250 Å². The van der Waals surface area contributed by atoms with Gasteiger partial charge in [-0.05, 0) is 32.3 Å². The molecule has 2 N–H and O–H groups in total. The molecule has 0 aliphatic heterocycles. The summed E-state index contributed by atoms with van der Waals surface area (Å²) in [7, 11) is 2.00. The van der Waals surface area contributed by atoms with Crippen molar-refractivity contribution < 1.29 is 10.2 Å². The van der Waals surface area contributed by atoms with Crippen molar-refractivity contribution >= 4 is 32.3 Å². The van der Waals surface area contributed by atoms with E-state index in [1.54, 1.807) is 0 Å². The van der Waals surface area contributed by atoms with Crippen LogP contribution < -0.4 is 0 Å². The highest BCUT2D eigenvalue weighted by Crippen LogP contribution is 2.12. The molecule has 0 atom stereocenters. The van der Waals surface area contributed by atoms with Gasteiger partial charge in [0.15, 0.2) is 0 Å². The summed E-state index contributed by atoms with van der Waals surface area (Å²) in [4.78, 5) is 0. The number of benzene rings is 6. The highest BCUT2D eigenvalue weighted by molar-refractivity contribution is 5.83. The lowest BCUT2D eigenvalue weighted by molar-refractivity contribution is 0.399. The van der Waals surface area contributed by atoms with Crippen molar-refractivity contribution in [3.8, 4) is 0 Å². The summed E-state index contributed by atoms with van der Waals surface area (Å²) in [6.45, 7) is 8.50. The predicted octanol–water partition coefficient (Wildman–Crippen LogP) is 11.2. The van der Waals surface area contributed by atoms with Gasteiger partial charge in [-0.15, -0.1) is 0 Å². The third-order valence-corrected chi connectivity index (χ3v) is 4.98. The maximum absolute atomic E-state index is 7.00. The monoisotopic (exact) mass is 552 g/mol. The smallest absolute Gasteiger partial charge is 0.0319 e. The fourth-order valence-corrected chi connectivity index (χ4v) is 3.40. The Morgan fingerprint density at radius 3 is 0.439 bits per heavy atom. The lowest BCUT2D eigenvalue weighted by atomic mass is 10.1. The van der Waals surface area contributed by atoms with E-state index in [1.807, 2.05) is 0 Å². The maximum Gasteiger partial charge on any atom is 0.0319 e. The number of fused-ring (bicyclic) bond motifs is 3. The van der Waals surface area contributed by atoms with Gasteiger partial charge in [-0.25, -0.2) is 0 Å². The van der Waals surface area contributed by atoms with Crippen molar-refractivity contribution in [3.63, 3.8) is 0 Å². The van der Waals surface area contributed by atoms with Crippen LogP contribution >= 0.6 is 0 Å². The Morgan fingerprint density at radius 2 is 0.366 bits per heavy atom. The number of rotatable bonds is 0. The summed E-state index contributed by atoms with van der Waals surface area (Å²) < 4.78 is 0. The highest BCUT2D eigenvalue weighted by Gasteiger charge is 1.86. The van der Waals surface area contributed by atoms with Crippen LogP contribution in [0.1, 0.15) is 48.0 Å². The molecule has 0 saturated heterocycles. The molecule has 2 nitrogen and oxygen atoms in total. The predicted molar refractivity (Wildman–Crippen MR) is 187 cm³/mol. The second kappa shape index (κ2) is 27.6. The van der Waals surface area contributed by atoms with Gasteiger partial charge in [0.2, 0.25) is 0 Å². The zero-order valence-electron chi connectivity index (χ0n) is 25.2. The Bertz CT molecular complexity index is 1020. The molecular weight excluding hydrogens is 500 g/mol. The molecular formula is C39H52O2. The van der Waals surface area contributed by atoms with Gasteiger partial charge >= 0.3 is 0 Å². The van der Waals surface area contributed by atoms with Gasteiger partial charge < -0.3 is 10.2 Å². The van der Waals surface area contributed by atoms with Gasteiger partial charge in [0.05, 0.1) is 0 Å². The van der Waals surface area contributed by atoms with E-state index in [0.29, 0.717) is 0 Å². The summed E-state index contributed by atoms with van der Waals surface area (Å²) in [6.07, 6.45) is 2.50. The molecule has 220 valence electrons. The van der Waals surface area contributed by atoms with E-state index >= 15 is 0 Å². The molecule has 0 fully saturated rings. The summed E-state index contributed by atoms with van der Waals surface area (Å²) in [5.74, 6) is 0. The van der Waals surface area contributed by atoms with E-state index in [-0.39, 0.29) is 7.43 Å². The standard InChI is InChI=1S/3C10H8.2C3H8.2CH4O.CH4/c3*1-2-6-10-8-4-3-7-9(10)5-1;2*1-3-2;2*1-2;/h3*1-8H;2*3H2,1-2H3;2*2H,1H3;1H4. The first-order valence-electron chi connectivity index (χ1n) is 13.9. The van der Waals surface area contributed by atoms with Crippen LogP contribution in [0.3, 0.4) is 0 Å². The third kappa shape index (κ3) is 16.7. The first-order chi connectivity index (χ1) is 19.7. The largest absolute Gasteiger partial charge is 0.400 e. The first-order valence-corrected chi connectivity index (χ1v) is 13.9. The minimum absolute atomic E-state index is 0. The Kier molecular flexibility index (Phi) is 26.3. The molecule has 0 aliphatic carbocycles. The first kappa shape index (κ1) is 39.2. The molecule has 41 heavy (non-hydrogen) atoms. The molecule has 0 heterocycles. The summed E-state index contributed by atoms with van der Waals surface area (Å²) in [5.41, 5.74) is 0. The molecule has 0 spiro atoms. The highest BCUT2D eigenvalue weighted by atomic mass is 16.2. The number of aliphatic hydroxyl groups excluding tert-OH is 2. The Balaban J connectivity index is 0. The van der Waals surface area contributed by atoms with Crippen LogP contribution in [0, 0.1) is 0 Å². The number of hydrogen-bond donors (Lipinski definition) is 2. The van der Waals surface area contributed by atoms with Crippen molar-refractivity contribution in [3.05, 3.63) is 146 Å². The van der Waals surface area contributed by atoms with E-state index in [9.17, 15) is 0 Å². The van der Waals surface area contributed by atoms with Crippen LogP contribution in [-0.4, -0.2) is 24.4 Å². The second-order valence-electron chi connectivity index (χ2n) is 8.46. The molecule has 0 radical (unpaired) electrons. The van der Waals surface area contributed by atoms with E-state index in [4.69, 9.17) is 10.2 Å². The average Bonchev–Trinajstić information content (AvgIpc) is 3.05. The van der Waals surface area contributed by atoms with Crippen LogP contribution in [0.25, 0.3) is 32.3 Å². The summed E-state index contributed by atoms with van der Waals surface area (Å²) in [6, 6.07) is 50.1. The van der Waals surface area contributed by atoms with Gasteiger partial charge in [-0.2, -0.15) is 0 Å². The van der Waals surface area contributed by atoms with Crippen LogP contribution in [0.15, 0.2) is 146 Å². The van der Waals surface area contributed by atoms with Crippen molar-refractivity contribution in [2.24, 2.45) is 0 Å². The zero-order chi connectivity index (χ0) is 29.8. The molecule has 0 aliphatic rings. The van der Waals surface area contributed by atoms with Gasteiger partial charge in [0, 0.05) is 14.2 Å². The Hall–Kier alpha value is -3.98. The van der Waals surface area contributed by atoms with Crippen molar-refractivity contribution in [1.29, 1.82) is 0 Å². The fourth-order valence-electron chi connectivity index (χ4n) is 3.40. The lowest BCUT2D eigenvalue weighted by Crippen LogP contribution is -1.67. The van der Waals surface area contributed by atoms with E-state index in [0.717, 1.165) is 14.2 Å². The maximum atomic E-state index is 7.00.